The molecule has 0 aromatic heterocycles. The highest BCUT2D eigenvalue weighted by Gasteiger charge is 2.36. The van der Waals surface area contributed by atoms with Crippen LogP contribution in [0.4, 0.5) is 5.69 Å². The van der Waals surface area contributed by atoms with E-state index >= 15 is 0 Å². The molecule has 1 saturated heterocycles. The van der Waals surface area contributed by atoms with E-state index in [1.54, 1.807) is 12.0 Å². The summed E-state index contributed by atoms with van der Waals surface area (Å²) in [5.74, 6) is 0.707. The fraction of sp³-hybridized carbons (Fsp3) is 0.273. The summed E-state index contributed by atoms with van der Waals surface area (Å²) in [6.07, 6.45) is 2.75. The maximum Gasteiger partial charge on any atom is 0.266 e. The number of halogens is 2. The van der Waals surface area contributed by atoms with Gasteiger partial charge in [0, 0.05) is 6.04 Å². The van der Waals surface area contributed by atoms with E-state index in [1.165, 1.54) is 17.3 Å². The number of methoxy groups -OCH3 is 1. The molecule has 0 saturated carbocycles. The Morgan fingerprint density at radius 3 is 2.38 bits per heavy atom. The molecule has 1 aliphatic rings. The SMILES string of the molecule is CC[C@H](C)N1C(=O)/C(=C\c2cc(Br)c(OC)c(Br)c2)SC1=Nc1ccc(C)cc1. The number of rotatable bonds is 5. The van der Waals surface area contributed by atoms with Gasteiger partial charge >= 0.3 is 0 Å². The molecular weight excluding hydrogens is 516 g/mol. The molecule has 0 N–H and O–H groups in total. The van der Waals surface area contributed by atoms with E-state index < -0.39 is 0 Å². The zero-order chi connectivity index (χ0) is 21.1. The van der Waals surface area contributed by atoms with E-state index in [9.17, 15) is 4.79 Å². The van der Waals surface area contributed by atoms with Gasteiger partial charge in [0.15, 0.2) is 5.17 Å². The summed E-state index contributed by atoms with van der Waals surface area (Å²) in [7, 11) is 1.62. The topological polar surface area (TPSA) is 41.9 Å². The van der Waals surface area contributed by atoms with Crippen LogP contribution in [-0.2, 0) is 4.79 Å². The second-order valence-corrected chi connectivity index (χ2v) is 9.51. The molecule has 152 valence electrons. The molecule has 29 heavy (non-hydrogen) atoms. The first-order chi connectivity index (χ1) is 13.8. The van der Waals surface area contributed by atoms with Gasteiger partial charge in [-0.2, -0.15) is 0 Å². The Morgan fingerprint density at radius 2 is 1.83 bits per heavy atom. The van der Waals surface area contributed by atoms with Crippen LogP contribution in [0.25, 0.3) is 6.08 Å². The fourth-order valence-corrected chi connectivity index (χ4v) is 5.51. The maximum absolute atomic E-state index is 13.2. The average molecular weight is 538 g/mol. The third kappa shape index (κ3) is 4.95. The first-order valence-electron chi connectivity index (χ1n) is 9.25. The molecule has 1 amide bonds. The molecule has 0 radical (unpaired) electrons. The molecule has 7 heteroatoms. The van der Waals surface area contributed by atoms with E-state index in [2.05, 4.69) is 38.8 Å². The van der Waals surface area contributed by atoms with Gasteiger partial charge in [-0.05, 0) is 99.8 Å². The number of ether oxygens (including phenoxy) is 1. The number of hydrogen-bond donors (Lipinski definition) is 0. The van der Waals surface area contributed by atoms with Crippen LogP contribution in [0.15, 0.2) is 55.2 Å². The number of carbonyl (C=O) groups is 1. The van der Waals surface area contributed by atoms with Crippen molar-refractivity contribution in [1.82, 2.24) is 4.90 Å². The Bertz CT molecular complexity index is 964. The van der Waals surface area contributed by atoms with Crippen LogP contribution in [0.5, 0.6) is 5.75 Å². The first kappa shape index (κ1) is 22.1. The highest BCUT2D eigenvalue weighted by Crippen LogP contribution is 2.39. The lowest BCUT2D eigenvalue weighted by Crippen LogP contribution is -2.36. The number of thioether (sulfide) groups is 1. The summed E-state index contributed by atoms with van der Waals surface area (Å²) in [5, 5.41) is 0.714. The molecule has 1 aliphatic heterocycles. The largest absolute Gasteiger partial charge is 0.494 e. The van der Waals surface area contributed by atoms with E-state index in [-0.39, 0.29) is 11.9 Å². The molecular formula is C22H22Br2N2O2S. The third-order valence-electron chi connectivity index (χ3n) is 4.65. The smallest absolute Gasteiger partial charge is 0.266 e. The lowest BCUT2D eigenvalue weighted by molar-refractivity contribution is -0.123. The van der Waals surface area contributed by atoms with E-state index in [1.807, 2.05) is 56.3 Å². The molecule has 4 nitrogen and oxygen atoms in total. The van der Waals surface area contributed by atoms with Crippen molar-refractivity contribution < 1.29 is 9.53 Å². The average Bonchev–Trinajstić information content (AvgIpc) is 2.98. The summed E-state index contributed by atoms with van der Waals surface area (Å²) in [4.78, 5) is 20.4. The second kappa shape index (κ2) is 9.49. The van der Waals surface area contributed by atoms with Gasteiger partial charge in [-0.15, -0.1) is 0 Å². The van der Waals surface area contributed by atoms with Gasteiger partial charge in [-0.25, -0.2) is 4.99 Å². The van der Waals surface area contributed by atoms with Crippen LogP contribution in [0.3, 0.4) is 0 Å². The Hall–Kier alpha value is -1.57. The van der Waals surface area contributed by atoms with Crippen molar-refractivity contribution in [1.29, 1.82) is 0 Å². The summed E-state index contributed by atoms with van der Waals surface area (Å²) < 4.78 is 7.01. The summed E-state index contributed by atoms with van der Waals surface area (Å²) in [6, 6.07) is 11.9. The lowest BCUT2D eigenvalue weighted by atomic mass is 10.2. The van der Waals surface area contributed by atoms with Crippen molar-refractivity contribution in [3.05, 3.63) is 61.4 Å². The van der Waals surface area contributed by atoms with Gasteiger partial charge in [0.05, 0.1) is 26.6 Å². The van der Waals surface area contributed by atoms with Crippen molar-refractivity contribution in [2.24, 2.45) is 4.99 Å². The molecule has 0 aliphatic carbocycles. The molecule has 1 heterocycles. The minimum Gasteiger partial charge on any atom is -0.494 e. The number of amides is 1. The molecule has 1 atom stereocenters. The molecule has 0 bridgehead atoms. The summed E-state index contributed by atoms with van der Waals surface area (Å²) >= 11 is 8.45. The van der Waals surface area contributed by atoms with Gasteiger partial charge in [-0.3, -0.25) is 9.69 Å². The number of nitrogens with zero attached hydrogens (tertiary/aromatic N) is 2. The van der Waals surface area contributed by atoms with Crippen molar-refractivity contribution in [2.45, 2.75) is 33.2 Å². The fourth-order valence-electron chi connectivity index (χ4n) is 2.87. The number of aliphatic imine (C=N–C) groups is 1. The summed E-state index contributed by atoms with van der Waals surface area (Å²) in [5.41, 5.74) is 2.93. The Balaban J connectivity index is 2.00. The molecule has 0 unspecified atom stereocenters. The van der Waals surface area contributed by atoms with Crippen molar-refractivity contribution in [3.63, 3.8) is 0 Å². The number of benzene rings is 2. The quantitative estimate of drug-likeness (QED) is 0.388. The zero-order valence-corrected chi connectivity index (χ0v) is 20.7. The van der Waals surface area contributed by atoms with Gasteiger partial charge < -0.3 is 4.74 Å². The van der Waals surface area contributed by atoms with E-state index in [4.69, 9.17) is 9.73 Å². The van der Waals surface area contributed by atoms with E-state index in [0.717, 1.165) is 32.4 Å². The number of aryl methyl sites for hydroxylation is 1. The van der Waals surface area contributed by atoms with Gasteiger partial charge in [0.1, 0.15) is 5.75 Å². The number of carbonyl (C=O) groups excluding carboxylic acids is 1. The van der Waals surface area contributed by atoms with Crippen LogP contribution in [0.2, 0.25) is 0 Å². The van der Waals surface area contributed by atoms with Crippen LogP contribution < -0.4 is 4.74 Å². The minimum atomic E-state index is -0.0155. The normalized spacial score (nSPS) is 18.0. The van der Waals surface area contributed by atoms with Crippen LogP contribution in [-0.4, -0.2) is 29.1 Å². The molecule has 0 spiro atoms. The van der Waals surface area contributed by atoms with Crippen LogP contribution in [0, 0.1) is 6.92 Å². The van der Waals surface area contributed by atoms with Crippen molar-refractivity contribution in [2.75, 3.05) is 7.11 Å². The second-order valence-electron chi connectivity index (χ2n) is 6.79. The number of hydrogen-bond acceptors (Lipinski definition) is 4. The van der Waals surface area contributed by atoms with Crippen molar-refractivity contribution >= 4 is 66.5 Å². The standard InChI is InChI=1S/C22H22Br2N2O2S/c1-5-14(3)26-21(27)19(12-15-10-17(23)20(28-4)18(24)11-15)29-22(26)25-16-8-6-13(2)7-9-16/h6-12,14H,5H2,1-4H3/b19-12+,25-22?/t14-/m0/s1. The molecule has 2 aromatic carbocycles. The highest BCUT2D eigenvalue weighted by molar-refractivity contribution is 9.11. The van der Waals surface area contributed by atoms with Crippen LogP contribution in [0.1, 0.15) is 31.4 Å². The Labute approximate surface area is 192 Å². The zero-order valence-electron chi connectivity index (χ0n) is 16.7. The van der Waals surface area contributed by atoms with Gasteiger partial charge in [-0.1, -0.05) is 24.6 Å². The lowest BCUT2D eigenvalue weighted by Gasteiger charge is -2.22. The predicted octanol–water partition coefficient (Wildman–Crippen LogP) is 6.93. The van der Waals surface area contributed by atoms with Gasteiger partial charge in [0.25, 0.3) is 5.91 Å². The molecule has 3 rings (SSSR count). The maximum atomic E-state index is 13.2. The van der Waals surface area contributed by atoms with Crippen molar-refractivity contribution in [3.8, 4) is 5.75 Å². The van der Waals surface area contributed by atoms with E-state index in [0.29, 0.717) is 10.1 Å². The molecule has 2 aromatic rings. The minimum absolute atomic E-state index is 0.0155. The Kier molecular flexibility index (Phi) is 7.24. The van der Waals surface area contributed by atoms with Gasteiger partial charge in [0.2, 0.25) is 0 Å². The first-order valence-corrected chi connectivity index (χ1v) is 11.7. The summed E-state index contributed by atoms with van der Waals surface area (Å²) in [6.45, 7) is 6.17. The highest BCUT2D eigenvalue weighted by atomic mass is 79.9. The number of amidine groups is 1. The third-order valence-corrected chi connectivity index (χ3v) is 6.81. The Morgan fingerprint density at radius 1 is 1.21 bits per heavy atom. The molecule has 1 fully saturated rings. The van der Waals surface area contributed by atoms with Crippen LogP contribution >= 0.6 is 43.6 Å². The predicted molar refractivity (Wildman–Crippen MR) is 129 cm³/mol. The monoisotopic (exact) mass is 536 g/mol.